The Morgan fingerprint density at radius 3 is 2.53 bits per heavy atom. The summed E-state index contributed by atoms with van der Waals surface area (Å²) in [5, 5.41) is 11.5. The zero-order valence-electron chi connectivity index (χ0n) is 9.47. The first kappa shape index (κ1) is 13.5. The molecule has 2 rings (SSSR count). The van der Waals surface area contributed by atoms with Crippen LogP contribution in [0.25, 0.3) is 0 Å². The van der Waals surface area contributed by atoms with E-state index in [1.165, 1.54) is 24.3 Å². The molecule has 0 fully saturated rings. The van der Waals surface area contributed by atoms with Gasteiger partial charge in [-0.05, 0) is 30.3 Å². The number of nitrogens with zero attached hydrogens (tertiary/aromatic N) is 1. The summed E-state index contributed by atoms with van der Waals surface area (Å²) in [5.74, 6) is 0.621. The summed E-state index contributed by atoms with van der Waals surface area (Å²) in [4.78, 5) is 10.2. The maximum Gasteiger partial charge on any atom is 0.295 e. The van der Waals surface area contributed by atoms with E-state index in [1.54, 1.807) is 12.1 Å². The highest BCUT2D eigenvalue weighted by atomic mass is 35.5. The monoisotopic (exact) mass is 298 g/mol. The smallest absolute Gasteiger partial charge is 0.295 e. The Labute approximate surface area is 118 Å². The molecule has 5 nitrogen and oxygen atoms in total. The van der Waals surface area contributed by atoms with E-state index in [0.29, 0.717) is 15.8 Å². The molecule has 2 aromatic rings. The second kappa shape index (κ2) is 5.34. The van der Waals surface area contributed by atoms with E-state index in [4.69, 9.17) is 33.7 Å². The Bertz CT molecular complexity index is 647. The van der Waals surface area contributed by atoms with Crippen LogP contribution in [0.2, 0.25) is 10.0 Å². The van der Waals surface area contributed by atoms with Crippen LogP contribution in [0.5, 0.6) is 11.5 Å². The summed E-state index contributed by atoms with van der Waals surface area (Å²) >= 11 is 11.7. The van der Waals surface area contributed by atoms with E-state index >= 15 is 0 Å². The SMILES string of the molecule is Nc1ccc(Oc2ccc(Cl)cc2Cl)cc1[N+](=O)[O-]. The molecule has 0 aliphatic carbocycles. The number of nitrogen functional groups attached to an aromatic ring is 1. The van der Waals surface area contributed by atoms with Crippen molar-refractivity contribution in [1.29, 1.82) is 0 Å². The van der Waals surface area contributed by atoms with Crippen LogP contribution in [0.3, 0.4) is 0 Å². The molecule has 0 saturated carbocycles. The fourth-order valence-electron chi connectivity index (χ4n) is 1.43. The Hall–Kier alpha value is -1.98. The van der Waals surface area contributed by atoms with Crippen LogP contribution in [0, 0.1) is 10.1 Å². The molecular formula is C12H8Cl2N2O3. The van der Waals surface area contributed by atoms with Crippen LogP contribution < -0.4 is 10.5 Å². The predicted molar refractivity (Wildman–Crippen MR) is 74.0 cm³/mol. The van der Waals surface area contributed by atoms with Gasteiger partial charge in [-0.2, -0.15) is 0 Å². The highest BCUT2D eigenvalue weighted by molar-refractivity contribution is 6.35. The van der Waals surface area contributed by atoms with Gasteiger partial charge in [-0.25, -0.2) is 0 Å². The van der Waals surface area contributed by atoms with E-state index in [0.717, 1.165) is 0 Å². The molecule has 0 atom stereocenters. The average Bonchev–Trinajstić information content (AvgIpc) is 2.34. The number of hydrogen-bond donors (Lipinski definition) is 1. The number of anilines is 1. The number of halogens is 2. The van der Waals surface area contributed by atoms with Gasteiger partial charge in [0.05, 0.1) is 16.0 Å². The van der Waals surface area contributed by atoms with Crippen molar-refractivity contribution in [2.24, 2.45) is 0 Å². The number of nitro benzene ring substituents is 1. The molecule has 0 unspecified atom stereocenters. The molecule has 0 aromatic heterocycles. The van der Waals surface area contributed by atoms with Crippen LogP contribution in [0.1, 0.15) is 0 Å². The standard InChI is InChI=1S/C12H8Cl2N2O3/c13-7-1-4-12(9(14)5-7)19-8-2-3-10(15)11(6-8)16(17)18/h1-6H,15H2. The lowest BCUT2D eigenvalue weighted by molar-refractivity contribution is -0.384. The minimum atomic E-state index is -0.578. The van der Waals surface area contributed by atoms with Crippen molar-refractivity contribution in [3.63, 3.8) is 0 Å². The molecule has 0 heterocycles. The third kappa shape index (κ3) is 3.07. The summed E-state index contributed by atoms with van der Waals surface area (Å²) < 4.78 is 5.46. The van der Waals surface area contributed by atoms with E-state index < -0.39 is 4.92 Å². The van der Waals surface area contributed by atoms with Crippen LogP contribution in [-0.2, 0) is 0 Å². The number of nitro groups is 1. The van der Waals surface area contributed by atoms with Gasteiger partial charge in [0.25, 0.3) is 5.69 Å². The van der Waals surface area contributed by atoms with Crippen LogP contribution in [0.4, 0.5) is 11.4 Å². The zero-order valence-corrected chi connectivity index (χ0v) is 11.0. The molecule has 0 aliphatic heterocycles. The lowest BCUT2D eigenvalue weighted by Gasteiger charge is -2.08. The van der Waals surface area contributed by atoms with Crippen molar-refractivity contribution in [2.45, 2.75) is 0 Å². The average molecular weight is 299 g/mol. The zero-order chi connectivity index (χ0) is 14.0. The molecule has 98 valence electrons. The summed E-state index contributed by atoms with van der Waals surface area (Å²) in [5.41, 5.74) is 5.34. The molecule has 0 amide bonds. The quantitative estimate of drug-likeness (QED) is 0.521. The van der Waals surface area contributed by atoms with Crippen LogP contribution in [-0.4, -0.2) is 4.92 Å². The number of rotatable bonds is 3. The second-order valence-corrected chi connectivity index (χ2v) is 4.50. The minimum Gasteiger partial charge on any atom is -0.456 e. The van der Waals surface area contributed by atoms with Gasteiger partial charge in [0.15, 0.2) is 0 Å². The normalized spacial score (nSPS) is 10.2. The van der Waals surface area contributed by atoms with Crippen molar-refractivity contribution >= 4 is 34.6 Å². The highest BCUT2D eigenvalue weighted by Crippen LogP contribution is 2.34. The Kier molecular flexibility index (Phi) is 3.78. The van der Waals surface area contributed by atoms with Gasteiger partial charge in [0.2, 0.25) is 0 Å². The fraction of sp³-hybridized carbons (Fsp3) is 0. The third-order valence-electron chi connectivity index (χ3n) is 2.32. The van der Waals surface area contributed by atoms with E-state index in [9.17, 15) is 10.1 Å². The molecule has 0 spiro atoms. The van der Waals surface area contributed by atoms with Gasteiger partial charge in [0.1, 0.15) is 17.2 Å². The topological polar surface area (TPSA) is 78.4 Å². The van der Waals surface area contributed by atoms with Gasteiger partial charge in [-0.15, -0.1) is 0 Å². The van der Waals surface area contributed by atoms with Crippen molar-refractivity contribution < 1.29 is 9.66 Å². The van der Waals surface area contributed by atoms with Crippen molar-refractivity contribution in [3.05, 3.63) is 56.6 Å². The second-order valence-electron chi connectivity index (χ2n) is 3.65. The fourth-order valence-corrected chi connectivity index (χ4v) is 1.88. The molecule has 0 bridgehead atoms. The molecule has 2 N–H and O–H groups in total. The third-order valence-corrected chi connectivity index (χ3v) is 2.85. The van der Waals surface area contributed by atoms with Crippen molar-refractivity contribution in [3.8, 4) is 11.5 Å². The van der Waals surface area contributed by atoms with E-state index in [1.807, 2.05) is 0 Å². The van der Waals surface area contributed by atoms with E-state index in [-0.39, 0.29) is 17.1 Å². The molecule has 7 heteroatoms. The summed E-state index contributed by atoms with van der Waals surface area (Å²) in [6.45, 7) is 0. The van der Waals surface area contributed by atoms with Crippen LogP contribution in [0.15, 0.2) is 36.4 Å². The largest absolute Gasteiger partial charge is 0.456 e. The summed E-state index contributed by atoms with van der Waals surface area (Å²) in [7, 11) is 0. The van der Waals surface area contributed by atoms with Crippen molar-refractivity contribution in [2.75, 3.05) is 5.73 Å². The lowest BCUT2D eigenvalue weighted by atomic mass is 10.2. The van der Waals surface area contributed by atoms with Gasteiger partial charge in [-0.1, -0.05) is 23.2 Å². The summed E-state index contributed by atoms with van der Waals surface area (Å²) in [6.07, 6.45) is 0. The molecule has 2 aromatic carbocycles. The number of hydrogen-bond acceptors (Lipinski definition) is 4. The minimum absolute atomic E-state index is 0.0690. The number of ether oxygens (including phenoxy) is 1. The maximum absolute atomic E-state index is 10.8. The molecule has 0 aliphatic rings. The molecular weight excluding hydrogens is 291 g/mol. The first-order valence-corrected chi connectivity index (χ1v) is 5.90. The van der Waals surface area contributed by atoms with Crippen molar-refractivity contribution in [1.82, 2.24) is 0 Å². The summed E-state index contributed by atoms with van der Waals surface area (Å²) in [6, 6.07) is 8.86. The van der Waals surface area contributed by atoms with Crippen LogP contribution >= 0.6 is 23.2 Å². The Morgan fingerprint density at radius 2 is 1.89 bits per heavy atom. The van der Waals surface area contributed by atoms with Gasteiger partial charge < -0.3 is 10.5 Å². The predicted octanol–water partition coefficient (Wildman–Crippen LogP) is 4.28. The highest BCUT2D eigenvalue weighted by Gasteiger charge is 2.13. The van der Waals surface area contributed by atoms with Gasteiger partial charge in [-0.3, -0.25) is 10.1 Å². The molecule has 0 saturated heterocycles. The number of benzene rings is 2. The number of nitrogens with two attached hydrogens (primary N) is 1. The van der Waals surface area contributed by atoms with E-state index in [2.05, 4.69) is 0 Å². The molecule has 19 heavy (non-hydrogen) atoms. The maximum atomic E-state index is 10.8. The lowest BCUT2D eigenvalue weighted by Crippen LogP contribution is -1.96. The Morgan fingerprint density at radius 1 is 1.16 bits per heavy atom. The first-order valence-electron chi connectivity index (χ1n) is 5.14. The molecule has 0 radical (unpaired) electrons. The first-order chi connectivity index (χ1) is 8.97. The van der Waals surface area contributed by atoms with Gasteiger partial charge in [0, 0.05) is 5.02 Å². The van der Waals surface area contributed by atoms with Gasteiger partial charge >= 0.3 is 0 Å². The Balaban J connectivity index is 2.33.